The molecule has 1 rings (SSSR count). The van der Waals surface area contributed by atoms with E-state index in [1.165, 1.54) is 0 Å². The highest BCUT2D eigenvalue weighted by molar-refractivity contribution is 7.92. The summed E-state index contributed by atoms with van der Waals surface area (Å²) in [5, 5.41) is 2.21. The SMILES string of the molecule is CNCCCN(C)C(=O)C1CCCCS1(=O)=O. The molecule has 1 saturated heterocycles. The molecule has 0 spiro atoms. The van der Waals surface area contributed by atoms with Gasteiger partial charge >= 0.3 is 0 Å². The first-order valence-corrected chi connectivity index (χ1v) is 7.81. The number of sulfone groups is 1. The fraction of sp³-hybridized carbons (Fsp3) is 0.909. The first-order valence-electron chi connectivity index (χ1n) is 6.10. The van der Waals surface area contributed by atoms with Crippen molar-refractivity contribution in [2.45, 2.75) is 30.9 Å². The normalized spacial score (nSPS) is 23.3. The fourth-order valence-electron chi connectivity index (χ4n) is 2.08. The van der Waals surface area contributed by atoms with Crippen LogP contribution in [0.5, 0.6) is 0 Å². The average molecular weight is 262 g/mol. The van der Waals surface area contributed by atoms with Gasteiger partial charge < -0.3 is 10.2 Å². The summed E-state index contributed by atoms with van der Waals surface area (Å²) in [4.78, 5) is 13.6. The molecule has 0 aromatic carbocycles. The van der Waals surface area contributed by atoms with Crippen LogP contribution < -0.4 is 5.32 Å². The number of nitrogens with zero attached hydrogens (tertiary/aromatic N) is 1. The molecule has 0 aromatic heterocycles. The van der Waals surface area contributed by atoms with Crippen LogP contribution in [-0.4, -0.2) is 57.4 Å². The second kappa shape index (κ2) is 6.35. The van der Waals surface area contributed by atoms with Crippen LogP contribution in [0, 0.1) is 0 Å². The third-order valence-corrected chi connectivity index (χ3v) is 5.31. The highest BCUT2D eigenvalue weighted by atomic mass is 32.2. The molecule has 1 atom stereocenters. The predicted molar refractivity (Wildman–Crippen MR) is 67.6 cm³/mol. The van der Waals surface area contributed by atoms with E-state index < -0.39 is 15.1 Å². The Morgan fingerprint density at radius 1 is 1.41 bits per heavy atom. The van der Waals surface area contributed by atoms with Gasteiger partial charge in [0.25, 0.3) is 0 Å². The predicted octanol–water partition coefficient (Wildman–Crippen LogP) is 0.0216. The van der Waals surface area contributed by atoms with Crippen molar-refractivity contribution in [2.75, 3.05) is 32.9 Å². The van der Waals surface area contributed by atoms with Gasteiger partial charge in [-0.25, -0.2) is 8.42 Å². The van der Waals surface area contributed by atoms with Crippen LogP contribution in [0.2, 0.25) is 0 Å². The molecular weight excluding hydrogens is 240 g/mol. The van der Waals surface area contributed by atoms with Crippen molar-refractivity contribution in [3.63, 3.8) is 0 Å². The first-order chi connectivity index (χ1) is 7.99. The summed E-state index contributed by atoms with van der Waals surface area (Å²) in [6.07, 6.45) is 2.85. The maximum absolute atomic E-state index is 12.0. The third kappa shape index (κ3) is 3.96. The summed E-state index contributed by atoms with van der Waals surface area (Å²) in [7, 11) is 0.332. The minimum Gasteiger partial charge on any atom is -0.345 e. The van der Waals surface area contributed by atoms with E-state index in [0.29, 0.717) is 19.4 Å². The van der Waals surface area contributed by atoms with Gasteiger partial charge in [0, 0.05) is 13.6 Å². The zero-order chi connectivity index (χ0) is 12.9. The van der Waals surface area contributed by atoms with E-state index >= 15 is 0 Å². The van der Waals surface area contributed by atoms with Crippen LogP contribution >= 0.6 is 0 Å². The van der Waals surface area contributed by atoms with Crippen molar-refractivity contribution in [2.24, 2.45) is 0 Å². The van der Waals surface area contributed by atoms with Crippen molar-refractivity contribution in [1.82, 2.24) is 10.2 Å². The Morgan fingerprint density at radius 3 is 2.71 bits per heavy atom. The lowest BCUT2D eigenvalue weighted by molar-refractivity contribution is -0.129. The largest absolute Gasteiger partial charge is 0.345 e. The lowest BCUT2D eigenvalue weighted by Gasteiger charge is -2.26. The summed E-state index contributed by atoms with van der Waals surface area (Å²) in [6, 6.07) is 0. The fourth-order valence-corrected chi connectivity index (χ4v) is 3.98. The van der Waals surface area contributed by atoms with Gasteiger partial charge in [0.2, 0.25) is 5.91 Å². The molecule has 1 aliphatic heterocycles. The maximum atomic E-state index is 12.0. The summed E-state index contributed by atoms with van der Waals surface area (Å²) >= 11 is 0. The second-order valence-electron chi connectivity index (χ2n) is 4.57. The summed E-state index contributed by atoms with van der Waals surface area (Å²) < 4.78 is 23.6. The van der Waals surface area contributed by atoms with E-state index in [4.69, 9.17) is 0 Å². The summed E-state index contributed by atoms with van der Waals surface area (Å²) in [5.74, 6) is -0.0749. The Kier molecular flexibility index (Phi) is 5.39. The highest BCUT2D eigenvalue weighted by Crippen LogP contribution is 2.21. The smallest absolute Gasteiger partial charge is 0.240 e. The van der Waals surface area contributed by atoms with Crippen LogP contribution in [0.15, 0.2) is 0 Å². The molecule has 0 aromatic rings. The second-order valence-corrected chi connectivity index (χ2v) is 6.87. The van der Waals surface area contributed by atoms with E-state index in [9.17, 15) is 13.2 Å². The van der Waals surface area contributed by atoms with Crippen molar-refractivity contribution in [3.8, 4) is 0 Å². The number of nitrogens with one attached hydrogen (secondary N) is 1. The lowest BCUT2D eigenvalue weighted by Crippen LogP contribution is -2.44. The van der Waals surface area contributed by atoms with E-state index in [1.54, 1.807) is 11.9 Å². The van der Waals surface area contributed by atoms with Gasteiger partial charge in [-0.05, 0) is 32.9 Å². The van der Waals surface area contributed by atoms with Crippen LogP contribution in [0.3, 0.4) is 0 Å². The van der Waals surface area contributed by atoms with Gasteiger partial charge in [-0.15, -0.1) is 0 Å². The molecule has 1 heterocycles. The third-order valence-electron chi connectivity index (χ3n) is 3.15. The Hall–Kier alpha value is -0.620. The minimum absolute atomic E-state index is 0.160. The Morgan fingerprint density at radius 2 is 2.12 bits per heavy atom. The first kappa shape index (κ1) is 14.4. The number of rotatable bonds is 5. The molecule has 0 aliphatic carbocycles. The summed E-state index contributed by atoms with van der Waals surface area (Å²) in [5.41, 5.74) is 0. The Labute approximate surface area is 103 Å². The molecule has 1 N–H and O–H groups in total. The molecule has 100 valence electrons. The molecule has 1 amide bonds. The highest BCUT2D eigenvalue weighted by Gasteiger charge is 2.36. The van der Waals surface area contributed by atoms with E-state index in [2.05, 4.69) is 5.32 Å². The van der Waals surface area contributed by atoms with Crippen LogP contribution in [0.25, 0.3) is 0 Å². The topological polar surface area (TPSA) is 66.5 Å². The number of hydrogen-bond acceptors (Lipinski definition) is 4. The van der Waals surface area contributed by atoms with Gasteiger partial charge in [-0.3, -0.25) is 4.79 Å². The molecular formula is C11H22N2O3S. The zero-order valence-electron chi connectivity index (χ0n) is 10.6. The van der Waals surface area contributed by atoms with E-state index in [1.807, 2.05) is 7.05 Å². The Bertz CT molecular complexity index is 354. The molecule has 6 heteroatoms. The molecule has 0 radical (unpaired) electrons. The standard InChI is InChI=1S/C11H22N2O3S/c1-12-7-5-8-13(2)11(14)10-6-3-4-9-17(10,15)16/h10,12H,3-9H2,1-2H3. The van der Waals surface area contributed by atoms with E-state index in [0.717, 1.165) is 19.4 Å². The van der Waals surface area contributed by atoms with Crippen LogP contribution in [0.4, 0.5) is 0 Å². The summed E-state index contributed by atoms with van der Waals surface area (Å²) in [6.45, 7) is 1.43. The van der Waals surface area contributed by atoms with Crippen molar-refractivity contribution in [1.29, 1.82) is 0 Å². The molecule has 0 bridgehead atoms. The molecule has 5 nitrogen and oxygen atoms in total. The number of carbonyl (C=O) groups is 1. The van der Waals surface area contributed by atoms with Gasteiger partial charge in [0.1, 0.15) is 5.25 Å². The Balaban J connectivity index is 2.56. The number of amides is 1. The molecule has 1 aliphatic rings. The van der Waals surface area contributed by atoms with Crippen molar-refractivity contribution < 1.29 is 13.2 Å². The molecule has 1 fully saturated rings. The van der Waals surface area contributed by atoms with Gasteiger partial charge in [-0.1, -0.05) is 6.42 Å². The van der Waals surface area contributed by atoms with E-state index in [-0.39, 0.29) is 11.7 Å². The molecule has 1 unspecified atom stereocenters. The number of carbonyl (C=O) groups excluding carboxylic acids is 1. The van der Waals surface area contributed by atoms with Crippen LogP contribution in [0.1, 0.15) is 25.7 Å². The van der Waals surface area contributed by atoms with Crippen molar-refractivity contribution in [3.05, 3.63) is 0 Å². The monoisotopic (exact) mass is 262 g/mol. The molecule has 0 saturated carbocycles. The maximum Gasteiger partial charge on any atom is 0.240 e. The zero-order valence-corrected chi connectivity index (χ0v) is 11.4. The number of hydrogen-bond donors (Lipinski definition) is 1. The molecule has 17 heavy (non-hydrogen) atoms. The lowest BCUT2D eigenvalue weighted by atomic mass is 10.1. The van der Waals surface area contributed by atoms with Crippen molar-refractivity contribution >= 4 is 15.7 Å². The minimum atomic E-state index is -3.21. The average Bonchev–Trinajstić information content (AvgIpc) is 2.28. The van der Waals surface area contributed by atoms with Gasteiger partial charge in [-0.2, -0.15) is 0 Å². The van der Waals surface area contributed by atoms with Gasteiger partial charge in [0.15, 0.2) is 9.84 Å². The van der Waals surface area contributed by atoms with Gasteiger partial charge in [0.05, 0.1) is 5.75 Å². The van der Waals surface area contributed by atoms with Crippen LogP contribution in [-0.2, 0) is 14.6 Å². The quantitative estimate of drug-likeness (QED) is 0.709.